The standard InChI is InChI=1S/C22H24N2O5S/c25-22(13-12-17-6-5-9-20(15-17)24(26)27)23-19-8-4-7-18(14-19)16-30(28,29)21-10-2-1-3-11-21/h4-9,12-15,21H,1-3,10-11,16H2,(H,23,25)/b13-12+. The van der Waals surface area contributed by atoms with E-state index in [1.165, 1.54) is 24.3 Å². The zero-order valence-corrected chi connectivity index (χ0v) is 17.3. The van der Waals surface area contributed by atoms with Crippen molar-refractivity contribution in [2.75, 3.05) is 5.32 Å². The number of anilines is 1. The van der Waals surface area contributed by atoms with Gasteiger partial charge in [0.15, 0.2) is 9.84 Å². The monoisotopic (exact) mass is 428 g/mol. The van der Waals surface area contributed by atoms with Crippen LogP contribution in [0, 0.1) is 10.1 Å². The van der Waals surface area contributed by atoms with Crippen molar-refractivity contribution in [3.05, 3.63) is 75.8 Å². The van der Waals surface area contributed by atoms with Gasteiger partial charge in [0.2, 0.25) is 5.91 Å². The van der Waals surface area contributed by atoms with Gasteiger partial charge < -0.3 is 5.32 Å². The summed E-state index contributed by atoms with van der Waals surface area (Å²) in [7, 11) is -3.22. The number of hydrogen-bond acceptors (Lipinski definition) is 5. The molecule has 2 aromatic carbocycles. The highest BCUT2D eigenvalue weighted by molar-refractivity contribution is 7.91. The highest BCUT2D eigenvalue weighted by Gasteiger charge is 2.27. The van der Waals surface area contributed by atoms with Crippen LogP contribution in [0.3, 0.4) is 0 Å². The van der Waals surface area contributed by atoms with E-state index in [2.05, 4.69) is 5.32 Å². The van der Waals surface area contributed by atoms with E-state index in [1.54, 1.807) is 36.4 Å². The largest absolute Gasteiger partial charge is 0.323 e. The molecule has 158 valence electrons. The third-order valence-corrected chi connectivity index (χ3v) is 7.35. The predicted molar refractivity (Wildman–Crippen MR) is 117 cm³/mol. The van der Waals surface area contributed by atoms with Crippen LogP contribution >= 0.6 is 0 Å². The van der Waals surface area contributed by atoms with Crippen LogP contribution in [-0.4, -0.2) is 24.5 Å². The maximum absolute atomic E-state index is 12.7. The summed E-state index contributed by atoms with van der Waals surface area (Å²) in [6.07, 6.45) is 7.22. The Hall–Kier alpha value is -3.00. The van der Waals surface area contributed by atoms with E-state index in [1.807, 2.05) is 0 Å². The maximum Gasteiger partial charge on any atom is 0.270 e. The summed E-state index contributed by atoms with van der Waals surface area (Å²) in [5.74, 6) is -0.445. The minimum Gasteiger partial charge on any atom is -0.323 e. The zero-order chi connectivity index (χ0) is 21.6. The first kappa shape index (κ1) is 21.7. The van der Waals surface area contributed by atoms with E-state index >= 15 is 0 Å². The van der Waals surface area contributed by atoms with Gasteiger partial charge in [-0.15, -0.1) is 0 Å². The van der Waals surface area contributed by atoms with Crippen molar-refractivity contribution in [1.29, 1.82) is 0 Å². The van der Waals surface area contributed by atoms with Crippen molar-refractivity contribution in [3.63, 3.8) is 0 Å². The Morgan fingerprint density at radius 1 is 1.10 bits per heavy atom. The summed E-state index contributed by atoms with van der Waals surface area (Å²) < 4.78 is 25.4. The molecular formula is C22H24N2O5S. The molecule has 0 unspecified atom stereocenters. The van der Waals surface area contributed by atoms with Gasteiger partial charge in [-0.25, -0.2) is 8.42 Å². The Morgan fingerprint density at radius 3 is 2.57 bits per heavy atom. The van der Waals surface area contributed by atoms with Crippen molar-refractivity contribution in [3.8, 4) is 0 Å². The first-order chi connectivity index (χ1) is 14.3. The molecule has 0 spiro atoms. The first-order valence-electron chi connectivity index (χ1n) is 9.87. The number of non-ortho nitro benzene ring substituents is 1. The quantitative estimate of drug-likeness (QED) is 0.397. The maximum atomic E-state index is 12.7. The summed E-state index contributed by atoms with van der Waals surface area (Å²) in [5, 5.41) is 13.2. The van der Waals surface area contributed by atoms with Crippen molar-refractivity contribution in [2.24, 2.45) is 0 Å². The highest BCUT2D eigenvalue weighted by Crippen LogP contribution is 2.26. The van der Waals surface area contributed by atoms with E-state index in [0.717, 1.165) is 32.1 Å². The van der Waals surface area contributed by atoms with Gasteiger partial charge in [-0.1, -0.05) is 43.5 Å². The Labute approximate surface area is 175 Å². The van der Waals surface area contributed by atoms with Crippen LogP contribution in [0.5, 0.6) is 0 Å². The van der Waals surface area contributed by atoms with E-state index in [4.69, 9.17) is 0 Å². The number of nitrogens with one attached hydrogen (secondary N) is 1. The summed E-state index contributed by atoms with van der Waals surface area (Å²) >= 11 is 0. The van der Waals surface area contributed by atoms with Crippen LogP contribution in [0.2, 0.25) is 0 Å². The number of benzene rings is 2. The van der Waals surface area contributed by atoms with E-state index in [9.17, 15) is 23.3 Å². The lowest BCUT2D eigenvalue weighted by Crippen LogP contribution is -2.25. The normalized spacial score (nSPS) is 15.2. The van der Waals surface area contributed by atoms with Crippen LogP contribution in [0.25, 0.3) is 6.08 Å². The van der Waals surface area contributed by atoms with Gasteiger partial charge in [0.25, 0.3) is 5.69 Å². The Kier molecular flexibility index (Phi) is 6.99. The lowest BCUT2D eigenvalue weighted by Gasteiger charge is -2.21. The third-order valence-electron chi connectivity index (χ3n) is 5.13. The molecule has 2 aromatic rings. The van der Waals surface area contributed by atoms with Crippen molar-refractivity contribution in [2.45, 2.75) is 43.1 Å². The van der Waals surface area contributed by atoms with Crippen molar-refractivity contribution >= 4 is 33.2 Å². The number of rotatable bonds is 7. The second-order valence-corrected chi connectivity index (χ2v) is 9.72. The molecule has 1 aliphatic carbocycles. The molecule has 0 bridgehead atoms. The molecule has 0 saturated heterocycles. The van der Waals surface area contributed by atoms with Gasteiger partial charge in [-0.05, 0) is 42.2 Å². The molecule has 0 atom stereocenters. The number of carbonyl (C=O) groups excluding carboxylic acids is 1. The topological polar surface area (TPSA) is 106 Å². The Bertz CT molecular complexity index is 1060. The highest BCUT2D eigenvalue weighted by atomic mass is 32.2. The van der Waals surface area contributed by atoms with Crippen LogP contribution < -0.4 is 5.32 Å². The molecule has 1 saturated carbocycles. The summed E-state index contributed by atoms with van der Waals surface area (Å²) in [4.78, 5) is 22.5. The molecular weight excluding hydrogens is 404 g/mol. The van der Waals surface area contributed by atoms with E-state index in [0.29, 0.717) is 16.8 Å². The van der Waals surface area contributed by atoms with Crippen molar-refractivity contribution in [1.82, 2.24) is 0 Å². The Balaban J connectivity index is 1.64. The average molecular weight is 429 g/mol. The van der Waals surface area contributed by atoms with Crippen LogP contribution in [0.1, 0.15) is 43.2 Å². The summed E-state index contributed by atoms with van der Waals surface area (Å²) in [6.45, 7) is 0. The molecule has 0 heterocycles. The van der Waals surface area contributed by atoms with Crippen LogP contribution in [0.4, 0.5) is 11.4 Å². The Morgan fingerprint density at radius 2 is 1.83 bits per heavy atom. The lowest BCUT2D eigenvalue weighted by molar-refractivity contribution is -0.384. The van der Waals surface area contributed by atoms with Gasteiger partial charge in [-0.2, -0.15) is 0 Å². The molecule has 0 aliphatic heterocycles. The number of hydrogen-bond donors (Lipinski definition) is 1. The average Bonchev–Trinajstić information content (AvgIpc) is 2.73. The molecule has 1 aliphatic rings. The number of nitrogens with zero attached hydrogens (tertiary/aromatic N) is 1. The number of carbonyl (C=O) groups is 1. The zero-order valence-electron chi connectivity index (χ0n) is 16.5. The number of amides is 1. The summed E-state index contributed by atoms with van der Waals surface area (Å²) in [5.41, 5.74) is 1.62. The van der Waals surface area contributed by atoms with Gasteiger partial charge in [0.05, 0.1) is 15.9 Å². The number of sulfone groups is 1. The van der Waals surface area contributed by atoms with E-state index in [-0.39, 0.29) is 16.7 Å². The fourth-order valence-electron chi connectivity index (χ4n) is 3.61. The van der Waals surface area contributed by atoms with Gasteiger partial charge >= 0.3 is 0 Å². The molecule has 7 nitrogen and oxygen atoms in total. The minimum absolute atomic E-state index is 0.0368. The van der Waals surface area contributed by atoms with Crippen LogP contribution in [-0.2, 0) is 20.4 Å². The van der Waals surface area contributed by atoms with Crippen molar-refractivity contribution < 1.29 is 18.1 Å². The molecule has 1 fully saturated rings. The van der Waals surface area contributed by atoms with Crippen LogP contribution in [0.15, 0.2) is 54.6 Å². The van der Waals surface area contributed by atoms with Gasteiger partial charge in [0.1, 0.15) is 0 Å². The fourth-order valence-corrected chi connectivity index (χ4v) is 5.54. The number of nitro groups is 1. The molecule has 8 heteroatoms. The van der Waals surface area contributed by atoms with Gasteiger partial charge in [0, 0.05) is 23.9 Å². The molecule has 1 amide bonds. The fraction of sp³-hybridized carbons (Fsp3) is 0.318. The number of nitro benzene ring substituents is 1. The second kappa shape index (κ2) is 9.67. The third kappa shape index (κ3) is 6.00. The SMILES string of the molecule is O=C(/C=C/c1cccc([N+](=O)[O-])c1)Nc1cccc(CS(=O)(=O)C2CCCCC2)c1. The second-order valence-electron chi connectivity index (χ2n) is 7.44. The lowest BCUT2D eigenvalue weighted by atomic mass is 10.0. The smallest absolute Gasteiger partial charge is 0.270 e. The molecule has 0 aromatic heterocycles. The molecule has 1 N–H and O–H groups in total. The first-order valence-corrected chi connectivity index (χ1v) is 11.6. The van der Waals surface area contributed by atoms with E-state index < -0.39 is 20.7 Å². The molecule has 30 heavy (non-hydrogen) atoms. The summed E-state index contributed by atoms with van der Waals surface area (Å²) in [6, 6.07) is 12.8. The molecule has 0 radical (unpaired) electrons. The molecule has 3 rings (SSSR count). The predicted octanol–water partition coefficient (Wildman–Crippen LogP) is 4.49. The minimum atomic E-state index is -3.22. The van der Waals surface area contributed by atoms with Gasteiger partial charge in [-0.3, -0.25) is 14.9 Å².